The third-order valence-electron chi connectivity index (χ3n) is 3.90. The summed E-state index contributed by atoms with van der Waals surface area (Å²) in [6.45, 7) is 0.728. The topological polar surface area (TPSA) is 26.0 Å². The highest BCUT2D eigenvalue weighted by atomic mass is 35.5. The zero-order chi connectivity index (χ0) is 12.3. The van der Waals surface area contributed by atoms with Crippen LogP contribution in [0.15, 0.2) is 18.2 Å². The van der Waals surface area contributed by atoms with Crippen LogP contribution in [0.3, 0.4) is 0 Å². The van der Waals surface area contributed by atoms with Crippen LogP contribution in [0.4, 0.5) is 0 Å². The Bertz CT molecular complexity index is 352. The molecule has 1 aliphatic rings. The maximum atomic E-state index is 6.21. The van der Waals surface area contributed by atoms with Gasteiger partial charge in [-0.25, -0.2) is 0 Å². The van der Waals surface area contributed by atoms with Crippen molar-refractivity contribution in [3.63, 3.8) is 0 Å². The summed E-state index contributed by atoms with van der Waals surface area (Å²) in [5, 5.41) is 1.54. The van der Waals surface area contributed by atoms with Crippen molar-refractivity contribution in [2.24, 2.45) is 17.6 Å². The van der Waals surface area contributed by atoms with Crippen molar-refractivity contribution >= 4 is 23.2 Å². The van der Waals surface area contributed by atoms with Crippen LogP contribution >= 0.6 is 23.2 Å². The summed E-state index contributed by atoms with van der Waals surface area (Å²) in [5.74, 6) is 1.28. The lowest BCUT2D eigenvalue weighted by molar-refractivity contribution is 0.345. The third-order valence-corrected chi connectivity index (χ3v) is 4.61. The Morgan fingerprint density at radius 1 is 1.18 bits per heavy atom. The Kier molecular flexibility index (Phi) is 4.72. The monoisotopic (exact) mass is 271 g/mol. The smallest absolute Gasteiger partial charge is 0.0452 e. The Morgan fingerprint density at radius 2 is 1.76 bits per heavy atom. The third kappa shape index (κ3) is 3.15. The van der Waals surface area contributed by atoms with E-state index in [9.17, 15) is 0 Å². The summed E-state index contributed by atoms with van der Waals surface area (Å²) < 4.78 is 0. The van der Waals surface area contributed by atoms with Crippen molar-refractivity contribution < 1.29 is 0 Å². The molecule has 0 radical (unpaired) electrons. The van der Waals surface area contributed by atoms with Gasteiger partial charge in [0.1, 0.15) is 0 Å². The Hall–Kier alpha value is -0.240. The van der Waals surface area contributed by atoms with Gasteiger partial charge in [0.05, 0.1) is 0 Å². The highest BCUT2D eigenvalue weighted by Crippen LogP contribution is 2.35. The van der Waals surface area contributed by atoms with Gasteiger partial charge in [0.2, 0.25) is 0 Å². The lowest BCUT2D eigenvalue weighted by Gasteiger charge is -2.22. The molecule has 17 heavy (non-hydrogen) atoms. The van der Waals surface area contributed by atoms with Crippen LogP contribution in [-0.2, 0) is 6.42 Å². The largest absolute Gasteiger partial charge is 0.330 e. The fourth-order valence-electron chi connectivity index (χ4n) is 2.86. The molecule has 0 aliphatic heterocycles. The second-order valence-electron chi connectivity index (χ2n) is 4.94. The Labute approximate surface area is 113 Å². The molecule has 1 atom stereocenters. The summed E-state index contributed by atoms with van der Waals surface area (Å²) in [7, 11) is 0. The molecular weight excluding hydrogens is 253 g/mol. The number of rotatable bonds is 4. The van der Waals surface area contributed by atoms with Gasteiger partial charge in [-0.2, -0.15) is 0 Å². The van der Waals surface area contributed by atoms with E-state index in [-0.39, 0.29) is 0 Å². The fourth-order valence-corrected chi connectivity index (χ4v) is 3.41. The van der Waals surface area contributed by atoms with E-state index in [0.717, 1.165) is 34.5 Å². The molecule has 1 unspecified atom stereocenters. The number of nitrogens with two attached hydrogens (primary N) is 1. The second kappa shape index (κ2) is 6.08. The van der Waals surface area contributed by atoms with Gasteiger partial charge in [0, 0.05) is 10.0 Å². The van der Waals surface area contributed by atoms with Gasteiger partial charge in [-0.1, -0.05) is 55.0 Å². The molecule has 1 aromatic rings. The predicted octanol–water partition coefficient (Wildman–Crippen LogP) is 4.30. The van der Waals surface area contributed by atoms with Gasteiger partial charge in [0.25, 0.3) is 0 Å². The van der Waals surface area contributed by atoms with E-state index < -0.39 is 0 Å². The van der Waals surface area contributed by atoms with Crippen LogP contribution in [-0.4, -0.2) is 6.54 Å². The minimum Gasteiger partial charge on any atom is -0.330 e. The fraction of sp³-hybridized carbons (Fsp3) is 0.571. The summed E-state index contributed by atoms with van der Waals surface area (Å²) in [6.07, 6.45) is 6.22. The number of hydrogen-bond acceptors (Lipinski definition) is 1. The molecular formula is C14H19Cl2N. The summed E-state index contributed by atoms with van der Waals surface area (Å²) in [6, 6.07) is 5.71. The van der Waals surface area contributed by atoms with E-state index in [2.05, 4.69) is 0 Å². The predicted molar refractivity (Wildman–Crippen MR) is 74.7 cm³/mol. The minimum absolute atomic E-state index is 0.523. The SMILES string of the molecule is NCC(Cc1c(Cl)cccc1Cl)C1CCCC1. The summed E-state index contributed by atoms with van der Waals surface area (Å²) in [4.78, 5) is 0. The Morgan fingerprint density at radius 3 is 2.29 bits per heavy atom. The quantitative estimate of drug-likeness (QED) is 0.868. The van der Waals surface area contributed by atoms with Crippen molar-refractivity contribution in [1.29, 1.82) is 0 Å². The van der Waals surface area contributed by atoms with Crippen molar-refractivity contribution in [2.45, 2.75) is 32.1 Å². The van der Waals surface area contributed by atoms with E-state index in [4.69, 9.17) is 28.9 Å². The number of halogens is 2. The van der Waals surface area contributed by atoms with Crippen molar-refractivity contribution in [1.82, 2.24) is 0 Å². The maximum absolute atomic E-state index is 6.21. The van der Waals surface area contributed by atoms with Gasteiger partial charge in [-0.05, 0) is 42.5 Å². The molecule has 1 saturated carbocycles. The highest BCUT2D eigenvalue weighted by molar-refractivity contribution is 6.35. The molecule has 1 aliphatic carbocycles. The van der Waals surface area contributed by atoms with E-state index in [1.807, 2.05) is 18.2 Å². The van der Waals surface area contributed by atoms with Gasteiger partial charge in [0.15, 0.2) is 0 Å². The first kappa shape index (κ1) is 13.2. The highest BCUT2D eigenvalue weighted by Gasteiger charge is 2.25. The average Bonchev–Trinajstić information content (AvgIpc) is 2.82. The molecule has 0 saturated heterocycles. The molecule has 94 valence electrons. The Balaban J connectivity index is 2.12. The van der Waals surface area contributed by atoms with E-state index in [0.29, 0.717) is 5.92 Å². The van der Waals surface area contributed by atoms with Gasteiger partial charge >= 0.3 is 0 Å². The van der Waals surface area contributed by atoms with Gasteiger partial charge in [-0.15, -0.1) is 0 Å². The van der Waals surface area contributed by atoms with Gasteiger partial charge in [-0.3, -0.25) is 0 Å². The average molecular weight is 272 g/mol. The molecule has 2 N–H and O–H groups in total. The first-order chi connectivity index (χ1) is 8.22. The molecule has 1 aromatic carbocycles. The number of hydrogen-bond donors (Lipinski definition) is 1. The van der Waals surface area contributed by atoms with Crippen LogP contribution in [0.25, 0.3) is 0 Å². The van der Waals surface area contributed by atoms with Crippen molar-refractivity contribution in [3.8, 4) is 0 Å². The normalized spacial score (nSPS) is 18.5. The minimum atomic E-state index is 0.523. The standard InChI is InChI=1S/C14H19Cl2N/c15-13-6-3-7-14(16)12(13)8-11(9-17)10-4-1-2-5-10/h3,6-7,10-11H,1-2,4-5,8-9,17H2. The van der Waals surface area contributed by atoms with Crippen molar-refractivity contribution in [2.75, 3.05) is 6.54 Å². The molecule has 0 bridgehead atoms. The van der Waals surface area contributed by atoms with Gasteiger partial charge < -0.3 is 5.73 Å². The van der Waals surface area contributed by atoms with E-state index >= 15 is 0 Å². The van der Waals surface area contributed by atoms with Crippen LogP contribution in [0.5, 0.6) is 0 Å². The number of benzene rings is 1. The molecule has 1 fully saturated rings. The first-order valence-corrected chi connectivity index (χ1v) is 7.11. The summed E-state index contributed by atoms with van der Waals surface area (Å²) >= 11 is 12.4. The first-order valence-electron chi connectivity index (χ1n) is 6.35. The molecule has 0 heterocycles. The second-order valence-corrected chi connectivity index (χ2v) is 5.76. The molecule has 0 aromatic heterocycles. The molecule has 3 heteroatoms. The van der Waals surface area contributed by atoms with Crippen LogP contribution in [0, 0.1) is 11.8 Å². The molecule has 1 nitrogen and oxygen atoms in total. The van der Waals surface area contributed by atoms with Crippen LogP contribution in [0.2, 0.25) is 10.0 Å². The maximum Gasteiger partial charge on any atom is 0.0452 e. The van der Waals surface area contributed by atoms with Crippen molar-refractivity contribution in [3.05, 3.63) is 33.8 Å². The zero-order valence-electron chi connectivity index (χ0n) is 9.96. The van der Waals surface area contributed by atoms with E-state index in [1.54, 1.807) is 0 Å². The lowest BCUT2D eigenvalue weighted by Crippen LogP contribution is -2.24. The molecule has 0 amide bonds. The van der Waals surface area contributed by atoms with E-state index in [1.165, 1.54) is 25.7 Å². The summed E-state index contributed by atoms with van der Waals surface area (Å²) in [5.41, 5.74) is 6.98. The lowest BCUT2D eigenvalue weighted by atomic mass is 9.85. The van der Waals surface area contributed by atoms with Crippen LogP contribution < -0.4 is 5.73 Å². The molecule has 2 rings (SSSR count). The van der Waals surface area contributed by atoms with Crippen LogP contribution in [0.1, 0.15) is 31.2 Å². The molecule has 0 spiro atoms. The zero-order valence-corrected chi connectivity index (χ0v) is 11.5.